The third-order valence-corrected chi connectivity index (χ3v) is 7.37. The van der Waals surface area contributed by atoms with E-state index in [-0.39, 0.29) is 5.41 Å². The van der Waals surface area contributed by atoms with Crippen LogP contribution in [-0.2, 0) is 9.59 Å². The van der Waals surface area contributed by atoms with Crippen molar-refractivity contribution in [2.75, 3.05) is 0 Å². The molecule has 122 valence electrons. The molecule has 0 amide bonds. The lowest BCUT2D eigenvalue weighted by Gasteiger charge is -2.39. The molecule has 0 radical (unpaired) electrons. The Bertz CT molecular complexity index is 504. The third kappa shape index (κ3) is 2.49. The van der Waals surface area contributed by atoms with Crippen LogP contribution in [0.5, 0.6) is 0 Å². The summed E-state index contributed by atoms with van der Waals surface area (Å²) in [5.74, 6) is 3.19. The van der Waals surface area contributed by atoms with E-state index in [4.69, 9.17) is 0 Å². The van der Waals surface area contributed by atoms with Crippen LogP contribution in [0.1, 0.15) is 72.1 Å². The van der Waals surface area contributed by atoms with E-state index in [2.05, 4.69) is 13.8 Å². The lowest BCUT2D eigenvalue weighted by atomic mass is 9.64. The largest absolute Gasteiger partial charge is 0.299 e. The molecule has 22 heavy (non-hydrogen) atoms. The smallest absolute Gasteiger partial charge is 0.155 e. The number of ketones is 2. The van der Waals surface area contributed by atoms with Crippen LogP contribution in [0.15, 0.2) is 11.6 Å². The van der Waals surface area contributed by atoms with Crippen LogP contribution in [0.3, 0.4) is 0 Å². The molecule has 3 rings (SSSR count). The Hall–Kier alpha value is -0.920. The summed E-state index contributed by atoms with van der Waals surface area (Å²) < 4.78 is 0. The lowest BCUT2D eigenvalue weighted by Crippen LogP contribution is -2.38. The second-order valence-electron chi connectivity index (χ2n) is 8.02. The van der Waals surface area contributed by atoms with E-state index in [0.717, 1.165) is 32.1 Å². The van der Waals surface area contributed by atoms with Gasteiger partial charge < -0.3 is 0 Å². The van der Waals surface area contributed by atoms with Gasteiger partial charge in [0.2, 0.25) is 0 Å². The summed E-state index contributed by atoms with van der Waals surface area (Å²) in [6, 6.07) is 0. The van der Waals surface area contributed by atoms with Crippen LogP contribution in [0, 0.1) is 29.1 Å². The van der Waals surface area contributed by atoms with E-state index in [1.165, 1.54) is 24.8 Å². The van der Waals surface area contributed by atoms with E-state index in [1.807, 2.05) is 13.0 Å². The molecule has 2 heteroatoms. The zero-order chi connectivity index (χ0) is 15.9. The molecule has 3 aliphatic rings. The van der Waals surface area contributed by atoms with Gasteiger partial charge in [-0.05, 0) is 81.6 Å². The average molecular weight is 302 g/mol. The van der Waals surface area contributed by atoms with E-state index < -0.39 is 0 Å². The Balaban J connectivity index is 1.92. The van der Waals surface area contributed by atoms with E-state index >= 15 is 0 Å². The normalized spacial score (nSPS) is 42.0. The summed E-state index contributed by atoms with van der Waals surface area (Å²) in [4.78, 5) is 24.2. The molecule has 0 aromatic carbocycles. The van der Waals surface area contributed by atoms with Gasteiger partial charge in [-0.1, -0.05) is 19.4 Å². The highest BCUT2D eigenvalue weighted by Crippen LogP contribution is 2.54. The molecule has 2 saturated carbocycles. The topological polar surface area (TPSA) is 34.1 Å². The summed E-state index contributed by atoms with van der Waals surface area (Å²) in [5, 5.41) is 0. The van der Waals surface area contributed by atoms with Crippen LogP contribution in [0.2, 0.25) is 0 Å². The molecule has 5 unspecified atom stereocenters. The number of rotatable bonds is 2. The molecule has 3 aliphatic carbocycles. The van der Waals surface area contributed by atoms with Gasteiger partial charge in [-0.2, -0.15) is 0 Å². The van der Waals surface area contributed by atoms with Crippen molar-refractivity contribution in [2.45, 2.75) is 72.1 Å². The molecular weight excluding hydrogens is 272 g/mol. The molecule has 2 nitrogen and oxygen atoms in total. The zero-order valence-electron chi connectivity index (χ0n) is 14.4. The van der Waals surface area contributed by atoms with Crippen LogP contribution >= 0.6 is 0 Å². The van der Waals surface area contributed by atoms with Gasteiger partial charge in [-0.15, -0.1) is 0 Å². The number of allylic oxidation sites excluding steroid dienone is 2. The highest BCUT2D eigenvalue weighted by atomic mass is 16.1. The summed E-state index contributed by atoms with van der Waals surface area (Å²) in [6.07, 6.45) is 10.5. The zero-order valence-corrected chi connectivity index (χ0v) is 14.4. The van der Waals surface area contributed by atoms with E-state index in [0.29, 0.717) is 35.2 Å². The highest BCUT2D eigenvalue weighted by molar-refractivity contribution is 5.91. The van der Waals surface area contributed by atoms with Crippen LogP contribution < -0.4 is 0 Å². The van der Waals surface area contributed by atoms with Crippen molar-refractivity contribution in [1.82, 2.24) is 0 Å². The molecule has 2 bridgehead atoms. The van der Waals surface area contributed by atoms with Gasteiger partial charge >= 0.3 is 0 Å². The minimum Gasteiger partial charge on any atom is -0.299 e. The van der Waals surface area contributed by atoms with Gasteiger partial charge in [0.05, 0.1) is 0 Å². The first-order valence-corrected chi connectivity index (χ1v) is 9.22. The van der Waals surface area contributed by atoms with Gasteiger partial charge in [-0.25, -0.2) is 0 Å². The molecule has 0 aromatic heterocycles. The third-order valence-electron chi connectivity index (χ3n) is 7.37. The van der Waals surface area contributed by atoms with Crippen molar-refractivity contribution in [3.8, 4) is 0 Å². The standard InChI is InChI=1S/C20H30O2/c1-4-20(14(3)21)10-9-17-11-15(13(20)2)5-6-16-12-18(22)7-8-19(16)17/h12-13,15,17,19H,4-11H2,1-3H3. The summed E-state index contributed by atoms with van der Waals surface area (Å²) in [6.45, 7) is 6.34. The number of carbonyl (C=O) groups excluding carboxylic acids is 2. The number of hydrogen-bond donors (Lipinski definition) is 0. The van der Waals surface area contributed by atoms with Crippen molar-refractivity contribution in [1.29, 1.82) is 0 Å². The lowest BCUT2D eigenvalue weighted by molar-refractivity contribution is -0.131. The van der Waals surface area contributed by atoms with Crippen molar-refractivity contribution < 1.29 is 9.59 Å². The molecule has 0 aliphatic heterocycles. The molecule has 0 spiro atoms. The second-order valence-corrected chi connectivity index (χ2v) is 8.02. The molecule has 0 N–H and O–H groups in total. The Kier molecular flexibility index (Phi) is 4.31. The number of hydrogen-bond acceptors (Lipinski definition) is 2. The predicted octanol–water partition coefficient (Wildman–Crippen LogP) is 4.72. The Labute approximate surface area is 134 Å². The van der Waals surface area contributed by atoms with Gasteiger partial charge in [-0.3, -0.25) is 9.59 Å². The number of Topliss-reactive ketones (excluding diaryl/α,β-unsaturated/α-hetero) is 1. The van der Waals surface area contributed by atoms with Gasteiger partial charge in [0, 0.05) is 11.8 Å². The van der Waals surface area contributed by atoms with Crippen LogP contribution in [0.4, 0.5) is 0 Å². The summed E-state index contributed by atoms with van der Waals surface area (Å²) in [5.41, 5.74) is 1.34. The second kappa shape index (κ2) is 5.94. The molecular formula is C20H30O2. The quantitative estimate of drug-likeness (QED) is 0.739. The van der Waals surface area contributed by atoms with E-state index in [1.54, 1.807) is 0 Å². The van der Waals surface area contributed by atoms with Crippen LogP contribution in [0.25, 0.3) is 0 Å². The minimum absolute atomic E-state index is 0.0921. The van der Waals surface area contributed by atoms with Crippen molar-refractivity contribution in [3.05, 3.63) is 11.6 Å². The molecule has 2 fully saturated rings. The molecule has 0 saturated heterocycles. The molecule has 5 atom stereocenters. The predicted molar refractivity (Wildman–Crippen MR) is 88.4 cm³/mol. The summed E-state index contributed by atoms with van der Waals surface area (Å²) >= 11 is 0. The first kappa shape index (κ1) is 16.0. The van der Waals surface area contributed by atoms with Crippen molar-refractivity contribution >= 4 is 11.6 Å². The fourth-order valence-electron chi connectivity index (χ4n) is 5.83. The number of carbonyl (C=O) groups is 2. The summed E-state index contributed by atoms with van der Waals surface area (Å²) in [7, 11) is 0. The molecule has 0 aromatic rings. The van der Waals surface area contributed by atoms with E-state index in [9.17, 15) is 9.59 Å². The van der Waals surface area contributed by atoms with Gasteiger partial charge in [0.15, 0.2) is 5.78 Å². The fourth-order valence-corrected chi connectivity index (χ4v) is 5.83. The Morgan fingerprint density at radius 2 is 2.00 bits per heavy atom. The fraction of sp³-hybridized carbons (Fsp3) is 0.800. The Morgan fingerprint density at radius 1 is 1.23 bits per heavy atom. The van der Waals surface area contributed by atoms with Gasteiger partial charge in [0.25, 0.3) is 0 Å². The number of fused-ring (bicyclic) bond motifs is 4. The maximum absolute atomic E-state index is 12.5. The van der Waals surface area contributed by atoms with Crippen molar-refractivity contribution in [3.63, 3.8) is 0 Å². The first-order chi connectivity index (χ1) is 10.5. The Morgan fingerprint density at radius 3 is 2.68 bits per heavy atom. The van der Waals surface area contributed by atoms with Gasteiger partial charge in [0.1, 0.15) is 5.78 Å². The monoisotopic (exact) mass is 302 g/mol. The first-order valence-electron chi connectivity index (χ1n) is 9.22. The highest BCUT2D eigenvalue weighted by Gasteiger charge is 2.48. The SMILES string of the molecule is CCC1(C(C)=O)CCC2CC(CCC3=CC(=O)CCC32)C1C. The van der Waals surface area contributed by atoms with Crippen molar-refractivity contribution in [2.24, 2.45) is 29.1 Å². The minimum atomic E-state index is -0.0921. The maximum atomic E-state index is 12.5. The van der Waals surface area contributed by atoms with Crippen LogP contribution in [-0.4, -0.2) is 11.6 Å². The maximum Gasteiger partial charge on any atom is 0.155 e. The average Bonchev–Trinajstić information content (AvgIpc) is 2.75. The molecule has 0 heterocycles.